The number of rotatable bonds is 10. The van der Waals surface area contributed by atoms with Gasteiger partial charge in [-0.2, -0.15) is 0 Å². The Balaban J connectivity index is 1.07. The summed E-state index contributed by atoms with van der Waals surface area (Å²) >= 11 is 0. The van der Waals surface area contributed by atoms with Gasteiger partial charge in [0.2, 0.25) is 0 Å². The maximum Gasteiger partial charge on any atom is 0.187 e. The summed E-state index contributed by atoms with van der Waals surface area (Å²) in [6.45, 7) is 5.08. The van der Waals surface area contributed by atoms with E-state index in [1.54, 1.807) is 20.8 Å². The third kappa shape index (κ3) is 8.86. The van der Waals surface area contributed by atoms with Crippen LogP contribution >= 0.6 is 0 Å². The third-order valence-corrected chi connectivity index (χ3v) is 9.43. The van der Waals surface area contributed by atoms with Gasteiger partial charge in [-0.25, -0.2) is 0 Å². The van der Waals surface area contributed by atoms with E-state index in [1.165, 1.54) is 7.11 Å². The zero-order valence-electron chi connectivity index (χ0n) is 27.0. The largest absolute Gasteiger partial charge is 0.390 e. The molecule has 0 spiro atoms. The van der Waals surface area contributed by atoms with Crippen LogP contribution in [0, 0.1) is 0 Å². The van der Waals surface area contributed by atoms with E-state index < -0.39 is 117 Å². The van der Waals surface area contributed by atoms with E-state index >= 15 is 0 Å². The number of ether oxygens (including phenoxy) is 10. The topological polar surface area (TPSA) is 231 Å². The van der Waals surface area contributed by atoms with Gasteiger partial charge in [-0.3, -0.25) is 0 Å². The molecule has 0 aromatic carbocycles. The second-order valence-electron chi connectivity index (χ2n) is 12.9. The zero-order chi connectivity index (χ0) is 34.0. The van der Waals surface area contributed by atoms with Gasteiger partial charge in [0.1, 0.15) is 42.7 Å². The average molecular weight is 683 g/mol. The van der Waals surface area contributed by atoms with Crippen molar-refractivity contribution in [1.82, 2.24) is 0 Å². The summed E-state index contributed by atoms with van der Waals surface area (Å²) in [4.78, 5) is 11.9. The molecule has 17 heteroatoms. The Hall–Kier alpha value is -0.970. The molecule has 0 saturated carbocycles. The summed E-state index contributed by atoms with van der Waals surface area (Å²) in [6.07, 6.45) is -16.5. The van der Waals surface area contributed by atoms with Crippen molar-refractivity contribution in [1.29, 1.82) is 0 Å². The molecule has 5 aliphatic rings. The van der Waals surface area contributed by atoms with Crippen molar-refractivity contribution < 1.29 is 82.8 Å². The van der Waals surface area contributed by atoms with Crippen LogP contribution < -0.4 is 0 Å². The normalized spacial score (nSPS) is 51.4. The molecule has 5 rings (SSSR count). The average Bonchev–Trinajstić information content (AvgIpc) is 3.03. The van der Waals surface area contributed by atoms with Crippen LogP contribution in [0.25, 0.3) is 0 Å². The first-order valence-corrected chi connectivity index (χ1v) is 16.3. The van der Waals surface area contributed by atoms with E-state index in [9.17, 15) is 35.4 Å². The molecular weight excluding hydrogens is 632 g/mol. The Morgan fingerprint density at radius 1 is 0.596 bits per heavy atom. The fraction of sp³-hybridized carbons (Fsp3) is 0.967. The van der Waals surface area contributed by atoms with Crippen LogP contribution in [-0.2, 0) is 52.2 Å². The summed E-state index contributed by atoms with van der Waals surface area (Å²) in [6, 6.07) is 0. The van der Waals surface area contributed by atoms with Gasteiger partial charge in [-0.1, -0.05) is 0 Å². The maximum absolute atomic E-state index is 11.9. The van der Waals surface area contributed by atoms with E-state index in [4.69, 9.17) is 47.4 Å². The summed E-state index contributed by atoms with van der Waals surface area (Å²) in [7, 11) is 1.50. The van der Waals surface area contributed by atoms with Crippen LogP contribution in [0.5, 0.6) is 0 Å². The number of aldehydes is 1. The highest BCUT2D eigenvalue weighted by Gasteiger charge is 2.50. The number of hydrogen-bond donors (Lipinski definition) is 6. The lowest BCUT2D eigenvalue weighted by Gasteiger charge is -2.45. The predicted molar refractivity (Wildman–Crippen MR) is 153 cm³/mol. The van der Waals surface area contributed by atoms with Crippen LogP contribution in [-0.4, -0.2) is 168 Å². The first-order valence-electron chi connectivity index (χ1n) is 16.3. The van der Waals surface area contributed by atoms with Crippen molar-refractivity contribution in [2.75, 3.05) is 13.7 Å². The van der Waals surface area contributed by atoms with Gasteiger partial charge < -0.3 is 82.8 Å². The smallest absolute Gasteiger partial charge is 0.187 e. The standard InChI is InChI=1S/C30H50O17/c1-12-18(44-30-27(37)26(36)29(19(10-31)45-30)47-24-8-16(33)25(35)13(2)41-24)5-6-21(40-12)43-20-11-39-23(7-15(20)32)46-28-14(3)42-22(38-4)9-17(28)34/h10,12-30,32-37H,5-9,11H2,1-4H3/t12?,13-,14?,15+,16+,17+,18-,19-,20+,21?,22-,23+,24+,25+,26+,27-,28+,29+,30?/m0/s1. The van der Waals surface area contributed by atoms with Gasteiger partial charge in [0, 0.05) is 32.8 Å². The second kappa shape index (κ2) is 16.4. The first kappa shape index (κ1) is 37.3. The van der Waals surface area contributed by atoms with Crippen LogP contribution in [0.15, 0.2) is 0 Å². The molecule has 47 heavy (non-hydrogen) atoms. The summed E-state index contributed by atoms with van der Waals surface area (Å²) in [5.74, 6) is 0. The lowest BCUT2D eigenvalue weighted by molar-refractivity contribution is -0.348. The zero-order valence-corrected chi connectivity index (χ0v) is 27.0. The van der Waals surface area contributed by atoms with Gasteiger partial charge in [-0.15, -0.1) is 0 Å². The van der Waals surface area contributed by atoms with E-state index in [0.717, 1.165) is 0 Å². The molecule has 0 aliphatic carbocycles. The minimum Gasteiger partial charge on any atom is -0.390 e. The molecule has 6 N–H and O–H groups in total. The van der Waals surface area contributed by atoms with Crippen molar-refractivity contribution in [2.24, 2.45) is 0 Å². The van der Waals surface area contributed by atoms with Crippen LogP contribution in [0.3, 0.4) is 0 Å². The molecule has 272 valence electrons. The molecule has 0 aromatic heterocycles. The van der Waals surface area contributed by atoms with Gasteiger partial charge in [0.15, 0.2) is 37.7 Å². The molecular formula is C30H50O17. The minimum absolute atomic E-state index is 0.0272. The van der Waals surface area contributed by atoms with E-state index in [-0.39, 0.29) is 25.9 Å². The molecule has 5 saturated heterocycles. The highest BCUT2D eigenvalue weighted by Crippen LogP contribution is 2.33. The molecule has 4 unspecified atom stereocenters. The fourth-order valence-corrected chi connectivity index (χ4v) is 6.61. The van der Waals surface area contributed by atoms with Gasteiger partial charge in [-0.05, 0) is 27.2 Å². The number of carbonyl (C=O) groups excluding carboxylic acids is 1. The number of hydrogen-bond acceptors (Lipinski definition) is 17. The Kier molecular flexibility index (Phi) is 13.0. The van der Waals surface area contributed by atoms with E-state index in [0.29, 0.717) is 19.1 Å². The Morgan fingerprint density at radius 3 is 1.89 bits per heavy atom. The third-order valence-electron chi connectivity index (χ3n) is 9.43. The summed E-state index contributed by atoms with van der Waals surface area (Å²) < 4.78 is 57.5. The maximum atomic E-state index is 11.9. The predicted octanol–water partition coefficient (Wildman–Crippen LogP) is -2.20. The Bertz CT molecular complexity index is 968. The van der Waals surface area contributed by atoms with Crippen molar-refractivity contribution in [3.8, 4) is 0 Å². The number of carbonyl (C=O) groups is 1. The molecule has 0 radical (unpaired) electrons. The van der Waals surface area contributed by atoms with Crippen molar-refractivity contribution in [3.63, 3.8) is 0 Å². The van der Waals surface area contributed by atoms with Gasteiger partial charge in [0.05, 0.1) is 49.3 Å². The molecule has 5 fully saturated rings. The Morgan fingerprint density at radius 2 is 1.26 bits per heavy atom. The summed E-state index contributed by atoms with van der Waals surface area (Å²) in [5.41, 5.74) is 0. The molecule has 19 atom stereocenters. The van der Waals surface area contributed by atoms with Crippen molar-refractivity contribution >= 4 is 6.29 Å². The van der Waals surface area contributed by atoms with Gasteiger partial charge in [0.25, 0.3) is 0 Å². The van der Waals surface area contributed by atoms with Crippen LogP contribution in [0.4, 0.5) is 0 Å². The van der Waals surface area contributed by atoms with Crippen LogP contribution in [0.2, 0.25) is 0 Å². The van der Waals surface area contributed by atoms with E-state index in [2.05, 4.69) is 0 Å². The van der Waals surface area contributed by atoms with Gasteiger partial charge >= 0.3 is 0 Å². The minimum atomic E-state index is -1.59. The molecule has 5 aliphatic heterocycles. The monoisotopic (exact) mass is 682 g/mol. The molecule has 0 aromatic rings. The SMILES string of the molecule is CO[C@@H]1C[C@@H](O)[C@H](O[C@@H]2C[C@@H](O)[C@H](OC3CC[C@H](OC4O[C@@H](C=O)[C@@H](O[C@@H]5C[C@@H](O)[C@H](O)[C@H](C)O5)[C@H](O)[C@@H]4O)C(C)O3)CO2)C(C)O1. The van der Waals surface area contributed by atoms with Crippen molar-refractivity contribution in [2.45, 2.75) is 170 Å². The fourth-order valence-electron chi connectivity index (χ4n) is 6.61. The second-order valence-corrected chi connectivity index (χ2v) is 12.9. The lowest BCUT2D eigenvalue weighted by atomic mass is 9.98. The number of methoxy groups -OCH3 is 1. The molecule has 0 amide bonds. The highest BCUT2D eigenvalue weighted by molar-refractivity contribution is 5.57. The number of aliphatic hydroxyl groups excluding tert-OH is 6. The van der Waals surface area contributed by atoms with Crippen molar-refractivity contribution in [3.05, 3.63) is 0 Å². The highest BCUT2D eigenvalue weighted by atomic mass is 16.8. The molecule has 17 nitrogen and oxygen atoms in total. The molecule has 5 heterocycles. The molecule has 0 bridgehead atoms. The Labute approximate surface area is 272 Å². The number of aliphatic hydroxyl groups is 6. The summed E-state index contributed by atoms with van der Waals surface area (Å²) in [5, 5.41) is 62.9. The van der Waals surface area contributed by atoms with Crippen LogP contribution in [0.1, 0.15) is 52.9 Å². The first-order chi connectivity index (χ1) is 22.4. The quantitative estimate of drug-likeness (QED) is 0.134. The lowest BCUT2D eigenvalue weighted by Crippen LogP contribution is -2.62. The van der Waals surface area contributed by atoms with E-state index in [1.807, 2.05) is 0 Å².